The molecule has 15 nitrogen and oxygen atoms in total. The number of carbonyl (C=O) groups is 7. The molecule has 2 aromatic rings. The highest BCUT2D eigenvalue weighted by Gasteiger charge is 2.47. The van der Waals surface area contributed by atoms with Crippen LogP contribution in [-0.2, 0) is 46.4 Å². The molecular formula is C44H57N7O8. The summed E-state index contributed by atoms with van der Waals surface area (Å²) in [7, 11) is 0. The van der Waals surface area contributed by atoms with Crippen LogP contribution in [0.15, 0.2) is 54.6 Å². The molecule has 0 aromatic heterocycles. The predicted octanol–water partition coefficient (Wildman–Crippen LogP) is 1.66. The molecular weight excluding hydrogens is 755 g/mol. The fourth-order valence-corrected chi connectivity index (χ4v) is 9.55. The van der Waals surface area contributed by atoms with Crippen LogP contribution in [0.5, 0.6) is 5.75 Å². The fraction of sp³-hybridized carbons (Fsp3) is 0.568. The number of amides is 7. The lowest BCUT2D eigenvalue weighted by atomic mass is 9.96. The number of aromatic hydroxyl groups is 1. The standard InChI is InChI=1S/C44H57N7O8/c1-3-27(2)37-44(59)50-23-9-14-34(50)39(54)46-32(26-29-17-19-30(52)20-18-29)42(57)51-24-10-16-36(51)43(58)49-22-8-13-33(49)38(53)45-31(25-28-11-5-4-6-12-28)41(56)48-21-7-15-35(48)40(55)47-37/h4-6,11-12,17-20,27,31-37,52H,3,7-10,13-16,21-26H2,1-2H3,(H,45,53)(H,46,54)(H,47,55)/t27-,31-,32-,33-,34-,35-,36-,37-/m0/s1. The third kappa shape index (κ3) is 8.93. The van der Waals surface area contributed by atoms with Crippen LogP contribution in [0.4, 0.5) is 0 Å². The summed E-state index contributed by atoms with van der Waals surface area (Å²) in [6.45, 7) is 4.94. The molecule has 7 rings (SSSR count). The number of carbonyl (C=O) groups excluding carboxylic acids is 7. The van der Waals surface area contributed by atoms with Gasteiger partial charge in [0.1, 0.15) is 48.0 Å². The molecule has 0 unspecified atom stereocenters. The summed E-state index contributed by atoms with van der Waals surface area (Å²) in [5.74, 6) is -3.37. The number of nitrogens with one attached hydrogen (secondary N) is 3. The van der Waals surface area contributed by atoms with E-state index in [0.717, 1.165) is 5.56 Å². The van der Waals surface area contributed by atoms with Crippen molar-refractivity contribution in [3.05, 3.63) is 65.7 Å². The average molecular weight is 812 g/mol. The van der Waals surface area contributed by atoms with Crippen LogP contribution < -0.4 is 16.0 Å². The van der Waals surface area contributed by atoms with Gasteiger partial charge in [-0.25, -0.2) is 0 Å². The van der Waals surface area contributed by atoms with Crippen molar-refractivity contribution in [2.75, 3.05) is 26.2 Å². The number of nitrogens with zero attached hydrogens (tertiary/aromatic N) is 4. The Hall–Kier alpha value is -5.47. The lowest BCUT2D eigenvalue weighted by Crippen LogP contribution is -2.60. The lowest BCUT2D eigenvalue weighted by Gasteiger charge is -2.34. The lowest BCUT2D eigenvalue weighted by molar-refractivity contribution is -0.148. The maximum Gasteiger partial charge on any atom is 0.246 e. The van der Waals surface area contributed by atoms with Gasteiger partial charge in [0.25, 0.3) is 0 Å². The van der Waals surface area contributed by atoms with Gasteiger partial charge in [-0.15, -0.1) is 0 Å². The molecule has 316 valence electrons. The van der Waals surface area contributed by atoms with Gasteiger partial charge >= 0.3 is 0 Å². The van der Waals surface area contributed by atoms with Crippen molar-refractivity contribution in [2.45, 2.75) is 127 Å². The average Bonchev–Trinajstić information content (AvgIpc) is 4.09. The number of rotatable bonds is 6. The zero-order chi connectivity index (χ0) is 41.8. The first kappa shape index (κ1) is 41.7. The normalized spacial score (nSPS) is 29.3. The van der Waals surface area contributed by atoms with Gasteiger partial charge < -0.3 is 40.7 Å². The molecule has 4 N–H and O–H groups in total. The summed E-state index contributed by atoms with van der Waals surface area (Å²) < 4.78 is 0. The van der Waals surface area contributed by atoms with E-state index in [1.807, 2.05) is 44.2 Å². The molecule has 8 atom stereocenters. The van der Waals surface area contributed by atoms with Crippen LogP contribution in [0.1, 0.15) is 82.8 Å². The second-order valence-electron chi connectivity index (χ2n) is 16.8. The molecule has 5 fully saturated rings. The van der Waals surface area contributed by atoms with Crippen molar-refractivity contribution in [3.63, 3.8) is 0 Å². The van der Waals surface area contributed by atoms with E-state index in [9.17, 15) is 38.7 Å². The SMILES string of the molecule is CC[C@H](C)[C@@H]1NC(=O)[C@@H]2CCCN2C(=O)[C@H](Cc2ccccc2)NC(=O)[C@@H]2CCCN2C(=O)[C@@H]2CCCN2C(=O)[C@H](Cc2ccc(O)cc2)NC(=O)[C@@H]2CCCN2C1=O. The Morgan fingerprint density at radius 3 is 1.44 bits per heavy atom. The van der Waals surface area contributed by atoms with Crippen LogP contribution in [0, 0.1) is 5.92 Å². The highest BCUT2D eigenvalue weighted by Crippen LogP contribution is 2.29. The summed E-state index contributed by atoms with van der Waals surface area (Å²) >= 11 is 0. The molecule has 5 heterocycles. The minimum absolute atomic E-state index is 0.0462. The highest BCUT2D eigenvalue weighted by molar-refractivity contribution is 5.99. The first-order valence-corrected chi connectivity index (χ1v) is 21.4. The second-order valence-corrected chi connectivity index (χ2v) is 16.8. The number of hydrogen-bond acceptors (Lipinski definition) is 8. The van der Waals surface area contributed by atoms with Crippen molar-refractivity contribution in [3.8, 4) is 5.75 Å². The first-order chi connectivity index (χ1) is 28.4. The molecule has 0 radical (unpaired) electrons. The largest absolute Gasteiger partial charge is 0.508 e. The maximum atomic E-state index is 14.6. The van der Waals surface area contributed by atoms with Crippen LogP contribution in [0.2, 0.25) is 0 Å². The van der Waals surface area contributed by atoms with E-state index in [4.69, 9.17) is 0 Å². The Kier molecular flexibility index (Phi) is 12.9. The van der Waals surface area contributed by atoms with Crippen molar-refractivity contribution in [2.24, 2.45) is 5.92 Å². The smallest absolute Gasteiger partial charge is 0.246 e. The third-order valence-corrected chi connectivity index (χ3v) is 13.0. The molecule has 7 amide bonds. The summed E-state index contributed by atoms with van der Waals surface area (Å²) in [6, 6.07) is 8.98. The van der Waals surface area contributed by atoms with Crippen molar-refractivity contribution in [1.82, 2.24) is 35.6 Å². The topological polar surface area (TPSA) is 189 Å². The van der Waals surface area contributed by atoms with Crippen molar-refractivity contribution < 1.29 is 38.7 Å². The summed E-state index contributed by atoms with van der Waals surface area (Å²) in [4.78, 5) is 107. The zero-order valence-corrected chi connectivity index (χ0v) is 34.0. The Balaban J connectivity index is 1.26. The van der Waals surface area contributed by atoms with E-state index in [1.54, 1.807) is 12.1 Å². The van der Waals surface area contributed by atoms with Gasteiger partial charge in [0, 0.05) is 39.0 Å². The van der Waals surface area contributed by atoms with Gasteiger partial charge in [-0.2, -0.15) is 0 Å². The van der Waals surface area contributed by atoms with Crippen LogP contribution in [0.3, 0.4) is 0 Å². The molecule has 0 bridgehead atoms. The third-order valence-electron chi connectivity index (χ3n) is 13.0. The van der Waals surface area contributed by atoms with E-state index in [1.165, 1.54) is 31.7 Å². The Bertz CT molecular complexity index is 1910. The van der Waals surface area contributed by atoms with E-state index in [0.29, 0.717) is 76.4 Å². The Labute approximate surface area is 345 Å². The number of benzene rings is 2. The van der Waals surface area contributed by atoms with Crippen LogP contribution in [0.25, 0.3) is 0 Å². The maximum absolute atomic E-state index is 14.6. The number of fused-ring (bicyclic) bond motifs is 4. The fourth-order valence-electron chi connectivity index (χ4n) is 9.55. The van der Waals surface area contributed by atoms with Gasteiger partial charge in [-0.05, 0) is 80.5 Å². The molecule has 59 heavy (non-hydrogen) atoms. The van der Waals surface area contributed by atoms with E-state index >= 15 is 0 Å². The number of phenolic OH excluding ortho intramolecular Hbond substituents is 1. The summed E-state index contributed by atoms with van der Waals surface area (Å²) in [5, 5.41) is 18.9. The van der Waals surface area contributed by atoms with Crippen LogP contribution >= 0.6 is 0 Å². The van der Waals surface area contributed by atoms with E-state index in [-0.39, 0.29) is 43.5 Å². The first-order valence-electron chi connectivity index (χ1n) is 21.4. The predicted molar refractivity (Wildman–Crippen MR) is 216 cm³/mol. The molecule has 0 saturated carbocycles. The van der Waals surface area contributed by atoms with Crippen molar-refractivity contribution in [1.29, 1.82) is 0 Å². The molecule has 2 aromatic carbocycles. The number of hydrogen-bond donors (Lipinski definition) is 4. The monoisotopic (exact) mass is 811 g/mol. The Morgan fingerprint density at radius 2 is 0.949 bits per heavy atom. The molecule has 5 aliphatic heterocycles. The van der Waals surface area contributed by atoms with Gasteiger partial charge in [0.15, 0.2) is 0 Å². The quantitative estimate of drug-likeness (QED) is 0.339. The molecule has 5 saturated heterocycles. The van der Waals surface area contributed by atoms with Gasteiger partial charge in [0.05, 0.1) is 0 Å². The van der Waals surface area contributed by atoms with E-state index < -0.39 is 77.7 Å². The van der Waals surface area contributed by atoms with E-state index in [2.05, 4.69) is 16.0 Å². The Morgan fingerprint density at radius 1 is 0.542 bits per heavy atom. The highest BCUT2D eigenvalue weighted by atomic mass is 16.3. The molecule has 15 heteroatoms. The minimum Gasteiger partial charge on any atom is -0.508 e. The zero-order valence-electron chi connectivity index (χ0n) is 34.0. The minimum atomic E-state index is -1.10. The summed E-state index contributed by atoms with van der Waals surface area (Å²) in [6.07, 6.45) is 4.47. The van der Waals surface area contributed by atoms with Crippen LogP contribution in [-0.4, -0.2) is 135 Å². The second kappa shape index (κ2) is 18.2. The number of phenols is 1. The molecule has 0 aliphatic carbocycles. The van der Waals surface area contributed by atoms with Gasteiger partial charge in [-0.3, -0.25) is 33.6 Å². The van der Waals surface area contributed by atoms with Crippen molar-refractivity contribution >= 4 is 41.4 Å². The van der Waals surface area contributed by atoms with Gasteiger partial charge in [-0.1, -0.05) is 62.7 Å². The molecule has 0 spiro atoms. The summed E-state index contributed by atoms with van der Waals surface area (Å²) in [5.41, 5.74) is 1.48. The van der Waals surface area contributed by atoms with Gasteiger partial charge in [0.2, 0.25) is 41.4 Å². The molecule has 5 aliphatic rings.